The lowest BCUT2D eigenvalue weighted by Crippen LogP contribution is -2.38. The molecule has 2 N–H and O–H groups in total. The lowest BCUT2D eigenvalue weighted by Gasteiger charge is -2.22. The molecule has 0 spiro atoms. The van der Waals surface area contributed by atoms with E-state index in [1.807, 2.05) is 0 Å². The molecule has 0 aromatic heterocycles. The molecule has 0 atom stereocenters. The van der Waals surface area contributed by atoms with Crippen LogP contribution in [0.5, 0.6) is 5.75 Å². The lowest BCUT2D eigenvalue weighted by molar-refractivity contribution is -0.165. The number of hydrogen-bond acceptors (Lipinski definition) is 3. The molecular weight excluding hydrogens is 329 g/mol. The third-order valence-corrected chi connectivity index (χ3v) is 3.85. The minimum Gasteiger partial charge on any atom is -0.494 e. The molecule has 134 valence electrons. The number of carboxylic acids is 2. The van der Waals surface area contributed by atoms with Crippen LogP contribution in [-0.4, -0.2) is 28.8 Å². The van der Waals surface area contributed by atoms with E-state index < -0.39 is 29.1 Å². The Morgan fingerprint density at radius 3 is 2.25 bits per heavy atom. The van der Waals surface area contributed by atoms with Crippen LogP contribution in [0.1, 0.15) is 38.2 Å². The van der Waals surface area contributed by atoms with E-state index in [0.717, 1.165) is 12.1 Å². The van der Waals surface area contributed by atoms with Gasteiger partial charge in [0.05, 0.1) is 12.2 Å². The normalized spacial score (nSPS) is 12.0. The first-order chi connectivity index (χ1) is 11.1. The topological polar surface area (TPSA) is 83.8 Å². The maximum Gasteiger partial charge on any atom is 0.416 e. The van der Waals surface area contributed by atoms with Crippen LogP contribution in [-0.2, 0) is 15.8 Å². The molecule has 0 aliphatic heterocycles. The number of benzene rings is 1. The molecule has 0 aliphatic carbocycles. The fourth-order valence-corrected chi connectivity index (χ4v) is 2.27. The first kappa shape index (κ1) is 19.8. The fourth-order valence-electron chi connectivity index (χ4n) is 2.27. The average molecular weight is 348 g/mol. The van der Waals surface area contributed by atoms with Gasteiger partial charge in [0.25, 0.3) is 0 Å². The second kappa shape index (κ2) is 8.03. The van der Waals surface area contributed by atoms with Gasteiger partial charge in [-0.2, -0.15) is 13.2 Å². The standard InChI is InChI=1S/C16H19F3O5/c1-2-15(13(20)21,14(22)23)8-3-4-9-24-12-7-5-6-11(10-12)16(17,18)19/h5-7,10H,2-4,8-9H2,1H3,(H,20,21)(H,22,23). The molecule has 0 saturated carbocycles. The average Bonchev–Trinajstić information content (AvgIpc) is 2.49. The number of unbranched alkanes of at least 4 members (excludes halogenated alkanes) is 1. The van der Waals surface area contributed by atoms with Crippen molar-refractivity contribution < 1.29 is 37.7 Å². The van der Waals surface area contributed by atoms with E-state index in [9.17, 15) is 22.8 Å². The Balaban J connectivity index is 2.52. The van der Waals surface area contributed by atoms with Crippen LogP contribution in [0.4, 0.5) is 13.2 Å². The van der Waals surface area contributed by atoms with Crippen molar-refractivity contribution in [2.75, 3.05) is 6.61 Å². The monoisotopic (exact) mass is 348 g/mol. The maximum atomic E-state index is 12.6. The molecule has 24 heavy (non-hydrogen) atoms. The summed E-state index contributed by atoms with van der Waals surface area (Å²) in [6.07, 6.45) is -3.97. The highest BCUT2D eigenvalue weighted by molar-refractivity contribution is 5.98. The Bertz CT molecular complexity index is 569. The molecule has 1 aromatic carbocycles. The van der Waals surface area contributed by atoms with E-state index in [1.165, 1.54) is 19.1 Å². The highest BCUT2D eigenvalue weighted by Crippen LogP contribution is 2.32. The van der Waals surface area contributed by atoms with Gasteiger partial charge in [0.2, 0.25) is 0 Å². The van der Waals surface area contributed by atoms with Gasteiger partial charge in [-0.25, -0.2) is 0 Å². The molecule has 0 unspecified atom stereocenters. The lowest BCUT2D eigenvalue weighted by atomic mass is 9.80. The van der Waals surface area contributed by atoms with E-state index in [1.54, 1.807) is 0 Å². The zero-order valence-electron chi connectivity index (χ0n) is 13.1. The molecule has 0 amide bonds. The van der Waals surface area contributed by atoms with Crippen LogP contribution in [0.25, 0.3) is 0 Å². The first-order valence-corrected chi connectivity index (χ1v) is 7.40. The molecule has 0 heterocycles. The van der Waals surface area contributed by atoms with Crippen molar-refractivity contribution in [1.29, 1.82) is 0 Å². The number of carbonyl (C=O) groups is 2. The molecule has 0 radical (unpaired) electrons. The summed E-state index contributed by atoms with van der Waals surface area (Å²) in [5, 5.41) is 18.2. The van der Waals surface area contributed by atoms with Crippen molar-refractivity contribution in [2.24, 2.45) is 5.41 Å². The third-order valence-electron chi connectivity index (χ3n) is 3.85. The van der Waals surface area contributed by atoms with Crippen LogP contribution < -0.4 is 4.74 Å². The smallest absolute Gasteiger partial charge is 0.416 e. The minimum absolute atomic E-state index is 0.0495. The minimum atomic E-state index is -4.46. The fraction of sp³-hybridized carbons (Fsp3) is 0.500. The Hall–Kier alpha value is -2.25. The number of halogens is 3. The Morgan fingerprint density at radius 1 is 1.12 bits per heavy atom. The van der Waals surface area contributed by atoms with E-state index in [4.69, 9.17) is 14.9 Å². The van der Waals surface area contributed by atoms with E-state index in [-0.39, 0.29) is 31.6 Å². The van der Waals surface area contributed by atoms with Gasteiger partial charge in [-0.15, -0.1) is 0 Å². The van der Waals surface area contributed by atoms with Gasteiger partial charge < -0.3 is 14.9 Å². The van der Waals surface area contributed by atoms with E-state index in [2.05, 4.69) is 0 Å². The van der Waals surface area contributed by atoms with Gasteiger partial charge >= 0.3 is 18.1 Å². The van der Waals surface area contributed by atoms with Gasteiger partial charge in [-0.05, 0) is 43.9 Å². The molecule has 0 aliphatic rings. The van der Waals surface area contributed by atoms with E-state index >= 15 is 0 Å². The number of rotatable bonds is 9. The summed E-state index contributed by atoms with van der Waals surface area (Å²) in [5.41, 5.74) is -2.65. The van der Waals surface area contributed by atoms with Crippen LogP contribution in [0, 0.1) is 5.41 Å². The first-order valence-electron chi connectivity index (χ1n) is 7.40. The summed E-state index contributed by atoms with van der Waals surface area (Å²) in [4.78, 5) is 22.4. The second-order valence-electron chi connectivity index (χ2n) is 5.38. The highest BCUT2D eigenvalue weighted by Gasteiger charge is 2.44. The quantitative estimate of drug-likeness (QED) is 0.523. The van der Waals surface area contributed by atoms with E-state index in [0.29, 0.717) is 6.42 Å². The van der Waals surface area contributed by atoms with Crippen molar-refractivity contribution >= 4 is 11.9 Å². The molecule has 0 fully saturated rings. The number of carboxylic acid groups (broad SMARTS) is 2. The van der Waals surface area contributed by atoms with Crippen LogP contribution in [0.2, 0.25) is 0 Å². The zero-order chi connectivity index (χ0) is 18.4. The van der Waals surface area contributed by atoms with Crippen LogP contribution in [0.3, 0.4) is 0 Å². The Kier molecular flexibility index (Phi) is 6.62. The predicted octanol–water partition coefficient (Wildman–Crippen LogP) is 3.82. The predicted molar refractivity (Wildman–Crippen MR) is 78.8 cm³/mol. The van der Waals surface area contributed by atoms with Gasteiger partial charge in [-0.1, -0.05) is 13.0 Å². The van der Waals surface area contributed by atoms with Crippen LogP contribution in [0.15, 0.2) is 24.3 Å². The Labute approximate surface area is 137 Å². The van der Waals surface area contributed by atoms with Gasteiger partial charge in [0, 0.05) is 0 Å². The maximum absolute atomic E-state index is 12.6. The molecule has 0 bridgehead atoms. The molecule has 8 heteroatoms. The van der Waals surface area contributed by atoms with Crippen LogP contribution >= 0.6 is 0 Å². The SMILES string of the molecule is CCC(CCCCOc1cccc(C(F)(F)F)c1)(C(=O)O)C(=O)O. The van der Waals surface area contributed by atoms with Gasteiger partial charge in [0.15, 0.2) is 5.41 Å². The number of hydrogen-bond donors (Lipinski definition) is 2. The summed E-state index contributed by atoms with van der Waals surface area (Å²) in [7, 11) is 0. The molecule has 0 saturated heterocycles. The number of alkyl halides is 3. The molecule has 1 aromatic rings. The van der Waals surface area contributed by atoms with Crippen molar-refractivity contribution in [3.63, 3.8) is 0 Å². The second-order valence-corrected chi connectivity index (χ2v) is 5.38. The third kappa shape index (κ3) is 4.87. The van der Waals surface area contributed by atoms with Gasteiger partial charge in [0.1, 0.15) is 5.75 Å². The molecule has 1 rings (SSSR count). The molecular formula is C16H19F3O5. The van der Waals surface area contributed by atoms with Crippen molar-refractivity contribution in [3.8, 4) is 5.75 Å². The van der Waals surface area contributed by atoms with Crippen molar-refractivity contribution in [2.45, 2.75) is 38.8 Å². The summed E-state index contributed by atoms with van der Waals surface area (Å²) in [6, 6.07) is 4.43. The van der Waals surface area contributed by atoms with Crippen molar-refractivity contribution in [1.82, 2.24) is 0 Å². The number of ether oxygens (including phenoxy) is 1. The summed E-state index contributed by atoms with van der Waals surface area (Å²) >= 11 is 0. The number of aliphatic carboxylic acids is 2. The van der Waals surface area contributed by atoms with Gasteiger partial charge in [-0.3, -0.25) is 9.59 Å². The van der Waals surface area contributed by atoms with Crippen molar-refractivity contribution in [3.05, 3.63) is 29.8 Å². The summed E-state index contributed by atoms with van der Waals surface area (Å²) in [5.74, 6) is -2.73. The zero-order valence-corrected chi connectivity index (χ0v) is 13.1. The highest BCUT2D eigenvalue weighted by atomic mass is 19.4. The summed E-state index contributed by atoms with van der Waals surface area (Å²) in [6.45, 7) is 1.56. The largest absolute Gasteiger partial charge is 0.494 e. The summed E-state index contributed by atoms with van der Waals surface area (Å²) < 4.78 is 42.9. The Morgan fingerprint density at radius 2 is 1.75 bits per heavy atom. The molecule has 5 nitrogen and oxygen atoms in total.